The van der Waals surface area contributed by atoms with Crippen molar-refractivity contribution in [2.75, 3.05) is 6.54 Å². The molecule has 0 fully saturated rings. The molecule has 2 aromatic heterocycles. The predicted molar refractivity (Wildman–Crippen MR) is 95.8 cm³/mol. The van der Waals surface area contributed by atoms with Crippen LogP contribution in [0, 0.1) is 0 Å². The summed E-state index contributed by atoms with van der Waals surface area (Å²) in [5.41, 5.74) is 3.55. The van der Waals surface area contributed by atoms with Crippen molar-refractivity contribution in [1.82, 2.24) is 20.1 Å². The van der Waals surface area contributed by atoms with Crippen molar-refractivity contribution in [2.45, 2.75) is 32.2 Å². The van der Waals surface area contributed by atoms with Gasteiger partial charge in [-0.05, 0) is 37.3 Å². The second kappa shape index (κ2) is 6.55. The van der Waals surface area contributed by atoms with Gasteiger partial charge in [-0.1, -0.05) is 18.2 Å². The zero-order valence-electron chi connectivity index (χ0n) is 13.9. The van der Waals surface area contributed by atoms with Crippen molar-refractivity contribution in [3.8, 4) is 0 Å². The van der Waals surface area contributed by atoms with Gasteiger partial charge in [-0.25, -0.2) is 4.68 Å². The van der Waals surface area contributed by atoms with Gasteiger partial charge in [0.25, 0.3) is 11.5 Å². The van der Waals surface area contributed by atoms with Gasteiger partial charge in [0, 0.05) is 29.7 Å². The number of carbonyl (C=O) groups is 1. The van der Waals surface area contributed by atoms with Gasteiger partial charge in [-0.2, -0.15) is 5.10 Å². The van der Waals surface area contributed by atoms with Crippen LogP contribution in [0.3, 0.4) is 0 Å². The second-order valence-electron chi connectivity index (χ2n) is 6.39. The number of fused-ring (bicyclic) bond motifs is 2. The number of aromatic amines is 1. The minimum atomic E-state index is -0.150. The number of aryl methyl sites for hydroxylation is 2. The number of rotatable bonds is 4. The van der Waals surface area contributed by atoms with Gasteiger partial charge in [-0.3, -0.25) is 9.59 Å². The number of para-hydroxylation sites is 1. The van der Waals surface area contributed by atoms with Gasteiger partial charge >= 0.3 is 0 Å². The monoisotopic (exact) mass is 336 g/mol. The van der Waals surface area contributed by atoms with E-state index in [9.17, 15) is 9.59 Å². The fraction of sp³-hybridized carbons (Fsp3) is 0.316. The summed E-state index contributed by atoms with van der Waals surface area (Å²) in [4.78, 5) is 27.6. The molecule has 6 nitrogen and oxygen atoms in total. The van der Waals surface area contributed by atoms with E-state index in [0.29, 0.717) is 18.7 Å². The van der Waals surface area contributed by atoms with Crippen molar-refractivity contribution in [3.05, 3.63) is 63.7 Å². The highest BCUT2D eigenvalue weighted by Crippen LogP contribution is 2.18. The molecule has 2 N–H and O–H groups in total. The Bertz CT molecular complexity index is 986. The van der Waals surface area contributed by atoms with E-state index in [4.69, 9.17) is 0 Å². The highest BCUT2D eigenvalue weighted by Gasteiger charge is 2.14. The molecule has 128 valence electrons. The van der Waals surface area contributed by atoms with Crippen LogP contribution in [-0.2, 0) is 19.4 Å². The first-order valence-electron chi connectivity index (χ1n) is 8.66. The zero-order chi connectivity index (χ0) is 17.2. The summed E-state index contributed by atoms with van der Waals surface area (Å²) in [6.07, 6.45) is 5.82. The molecule has 6 heteroatoms. The summed E-state index contributed by atoms with van der Waals surface area (Å²) in [5, 5.41) is 8.24. The molecule has 2 heterocycles. The van der Waals surface area contributed by atoms with Crippen molar-refractivity contribution in [3.63, 3.8) is 0 Å². The minimum Gasteiger partial charge on any atom is -0.360 e. The van der Waals surface area contributed by atoms with Crippen LogP contribution in [0.2, 0.25) is 0 Å². The molecule has 0 aliphatic heterocycles. The Morgan fingerprint density at radius 1 is 1.24 bits per heavy atom. The fourth-order valence-corrected chi connectivity index (χ4v) is 3.39. The van der Waals surface area contributed by atoms with Gasteiger partial charge in [0.1, 0.15) is 0 Å². The standard InChI is InChI=1S/C19H20N4O2/c24-18-11-13-5-1-3-7-16(13)22-23(18)10-9-20-19(25)15-12-21-17-8-4-2-6-14(15)17/h2,4,6,8,11-12,21H,1,3,5,7,9-10H2,(H,20,25). The average Bonchev–Trinajstić information content (AvgIpc) is 3.06. The van der Waals surface area contributed by atoms with Crippen LogP contribution >= 0.6 is 0 Å². The Balaban J connectivity index is 1.44. The number of carbonyl (C=O) groups excluding carboxylic acids is 1. The lowest BCUT2D eigenvalue weighted by molar-refractivity contribution is 0.0953. The number of nitrogens with one attached hydrogen (secondary N) is 2. The number of nitrogens with zero attached hydrogens (tertiary/aromatic N) is 2. The molecule has 0 radical (unpaired) electrons. The molecule has 4 rings (SSSR count). The van der Waals surface area contributed by atoms with Crippen LogP contribution in [0.5, 0.6) is 0 Å². The van der Waals surface area contributed by atoms with Gasteiger partial charge in [-0.15, -0.1) is 0 Å². The molecular formula is C19H20N4O2. The van der Waals surface area contributed by atoms with E-state index in [1.165, 1.54) is 4.68 Å². The number of benzene rings is 1. The Labute approximate surface area is 144 Å². The number of hydrogen-bond donors (Lipinski definition) is 2. The first-order chi connectivity index (χ1) is 12.2. The van der Waals surface area contributed by atoms with Gasteiger partial charge < -0.3 is 10.3 Å². The first kappa shape index (κ1) is 15.6. The number of hydrogen-bond acceptors (Lipinski definition) is 3. The van der Waals surface area contributed by atoms with E-state index in [1.807, 2.05) is 24.3 Å². The summed E-state index contributed by atoms with van der Waals surface area (Å²) >= 11 is 0. The highest BCUT2D eigenvalue weighted by atomic mass is 16.2. The van der Waals surface area contributed by atoms with E-state index in [-0.39, 0.29) is 11.5 Å². The lowest BCUT2D eigenvalue weighted by atomic mass is 9.97. The largest absolute Gasteiger partial charge is 0.360 e. The van der Waals surface area contributed by atoms with Crippen molar-refractivity contribution >= 4 is 16.8 Å². The number of amides is 1. The third-order valence-electron chi connectivity index (χ3n) is 4.72. The Morgan fingerprint density at radius 3 is 3.00 bits per heavy atom. The molecule has 0 unspecified atom stereocenters. The normalized spacial score (nSPS) is 13.6. The van der Waals surface area contributed by atoms with Gasteiger partial charge in [0.15, 0.2) is 0 Å². The average molecular weight is 336 g/mol. The van der Waals surface area contributed by atoms with E-state index < -0.39 is 0 Å². The lowest BCUT2D eigenvalue weighted by Crippen LogP contribution is -2.33. The molecule has 1 aliphatic rings. The lowest BCUT2D eigenvalue weighted by Gasteiger charge is -2.16. The van der Waals surface area contributed by atoms with Crippen LogP contribution in [0.25, 0.3) is 10.9 Å². The summed E-state index contributed by atoms with van der Waals surface area (Å²) in [6, 6.07) is 9.38. The second-order valence-corrected chi connectivity index (χ2v) is 6.39. The maximum absolute atomic E-state index is 12.4. The smallest absolute Gasteiger partial charge is 0.267 e. The van der Waals surface area contributed by atoms with Crippen LogP contribution < -0.4 is 10.9 Å². The van der Waals surface area contributed by atoms with Crippen LogP contribution in [0.1, 0.15) is 34.5 Å². The zero-order valence-corrected chi connectivity index (χ0v) is 13.9. The van der Waals surface area contributed by atoms with E-state index in [0.717, 1.165) is 47.8 Å². The highest BCUT2D eigenvalue weighted by molar-refractivity contribution is 6.06. The summed E-state index contributed by atoms with van der Waals surface area (Å²) in [6.45, 7) is 0.740. The summed E-state index contributed by atoms with van der Waals surface area (Å²) in [5.74, 6) is -0.150. The Morgan fingerprint density at radius 2 is 2.08 bits per heavy atom. The number of aromatic nitrogens is 3. The molecule has 0 spiro atoms. The molecule has 0 saturated carbocycles. The third-order valence-corrected chi connectivity index (χ3v) is 4.72. The Kier molecular flexibility index (Phi) is 4.09. The topological polar surface area (TPSA) is 79.8 Å². The summed E-state index contributed by atoms with van der Waals surface area (Å²) < 4.78 is 1.46. The minimum absolute atomic E-state index is 0.0954. The molecule has 1 aliphatic carbocycles. The predicted octanol–water partition coefficient (Wildman–Crippen LogP) is 2.03. The Hall–Kier alpha value is -2.89. The maximum atomic E-state index is 12.4. The summed E-state index contributed by atoms with van der Waals surface area (Å²) in [7, 11) is 0. The van der Waals surface area contributed by atoms with Crippen molar-refractivity contribution in [1.29, 1.82) is 0 Å². The van der Waals surface area contributed by atoms with Crippen molar-refractivity contribution < 1.29 is 4.79 Å². The molecular weight excluding hydrogens is 316 g/mol. The molecule has 1 amide bonds. The molecule has 1 aromatic carbocycles. The van der Waals surface area contributed by atoms with Crippen LogP contribution in [0.15, 0.2) is 41.3 Å². The fourth-order valence-electron chi connectivity index (χ4n) is 3.39. The molecule has 3 aromatic rings. The van der Waals surface area contributed by atoms with E-state index >= 15 is 0 Å². The van der Waals surface area contributed by atoms with Gasteiger partial charge in [0.05, 0.1) is 17.8 Å². The first-order valence-corrected chi connectivity index (χ1v) is 8.66. The van der Waals surface area contributed by atoms with E-state index in [1.54, 1.807) is 12.3 Å². The molecule has 0 atom stereocenters. The van der Waals surface area contributed by atoms with Crippen molar-refractivity contribution in [2.24, 2.45) is 0 Å². The van der Waals surface area contributed by atoms with Crippen LogP contribution in [0.4, 0.5) is 0 Å². The van der Waals surface area contributed by atoms with Crippen LogP contribution in [-0.4, -0.2) is 27.2 Å². The number of H-pyrrole nitrogens is 1. The molecule has 0 bridgehead atoms. The quantitative estimate of drug-likeness (QED) is 0.765. The SMILES string of the molecule is O=C(NCCn1nc2c(cc1=O)CCCC2)c1c[nH]c2ccccc12. The maximum Gasteiger partial charge on any atom is 0.267 e. The van der Waals surface area contributed by atoms with E-state index in [2.05, 4.69) is 15.4 Å². The molecule has 25 heavy (non-hydrogen) atoms. The van der Waals surface area contributed by atoms with Gasteiger partial charge in [0.2, 0.25) is 0 Å². The molecule has 0 saturated heterocycles. The third kappa shape index (κ3) is 3.07.